The van der Waals surface area contributed by atoms with Gasteiger partial charge in [0.1, 0.15) is 11.7 Å². The van der Waals surface area contributed by atoms with E-state index < -0.39 is 11.9 Å². The highest BCUT2D eigenvalue weighted by atomic mass is 16.2. The van der Waals surface area contributed by atoms with E-state index >= 15 is 0 Å². The van der Waals surface area contributed by atoms with Crippen molar-refractivity contribution in [3.05, 3.63) is 35.5 Å². The van der Waals surface area contributed by atoms with E-state index in [9.17, 15) is 14.4 Å². The first-order valence-electron chi connectivity index (χ1n) is 11.0. The second-order valence-electron chi connectivity index (χ2n) is 8.66. The number of nitrogens with zero attached hydrogens (tertiary/aromatic N) is 4. The van der Waals surface area contributed by atoms with Gasteiger partial charge in [-0.2, -0.15) is 0 Å². The topological polar surface area (TPSA) is 109 Å². The number of nitrogens with one attached hydrogen (secondary N) is 2. The summed E-state index contributed by atoms with van der Waals surface area (Å²) >= 11 is 0. The van der Waals surface area contributed by atoms with Crippen molar-refractivity contribution in [2.24, 2.45) is 5.92 Å². The highest BCUT2D eigenvalue weighted by Crippen LogP contribution is 2.30. The Morgan fingerprint density at radius 3 is 2.90 bits per heavy atom. The molecule has 162 valence electrons. The second kappa shape index (κ2) is 8.22. The molecule has 0 saturated carbocycles. The largest absolute Gasteiger partial charge is 0.322 e. The summed E-state index contributed by atoms with van der Waals surface area (Å²) in [5.41, 5.74) is 3.15. The number of imide groups is 1. The van der Waals surface area contributed by atoms with Crippen LogP contribution in [-0.4, -0.2) is 56.7 Å². The summed E-state index contributed by atoms with van der Waals surface area (Å²) in [5, 5.41) is 14.5. The monoisotopic (exact) mass is 422 g/mol. The summed E-state index contributed by atoms with van der Waals surface area (Å²) in [6, 6.07) is 5.04. The third-order valence-electron chi connectivity index (χ3n) is 6.45. The number of hydrogen-bond acceptors (Lipinski definition) is 6. The molecule has 2 saturated heterocycles. The molecular weight excluding hydrogens is 396 g/mol. The van der Waals surface area contributed by atoms with Crippen LogP contribution in [-0.2, 0) is 22.7 Å². The lowest BCUT2D eigenvalue weighted by Gasteiger charge is -2.29. The number of rotatable bonds is 4. The fraction of sp³-hybridized carbons (Fsp3) is 0.500. The molecule has 1 aromatic heterocycles. The Morgan fingerprint density at radius 2 is 2.03 bits per heavy atom. The average molecular weight is 422 g/mol. The van der Waals surface area contributed by atoms with Crippen LogP contribution < -0.4 is 10.6 Å². The summed E-state index contributed by atoms with van der Waals surface area (Å²) in [7, 11) is 0. The fourth-order valence-electron chi connectivity index (χ4n) is 4.77. The fourth-order valence-corrected chi connectivity index (χ4v) is 4.77. The normalized spacial score (nSPS) is 24.1. The molecule has 2 aromatic rings. The molecule has 1 aromatic carbocycles. The highest BCUT2D eigenvalue weighted by molar-refractivity contribution is 6.05. The molecule has 31 heavy (non-hydrogen) atoms. The molecule has 9 nitrogen and oxygen atoms in total. The summed E-state index contributed by atoms with van der Waals surface area (Å²) in [6.07, 6.45) is 6.23. The van der Waals surface area contributed by atoms with Crippen molar-refractivity contribution in [2.45, 2.75) is 51.2 Å². The van der Waals surface area contributed by atoms with Gasteiger partial charge in [-0.15, -0.1) is 5.10 Å². The molecule has 3 amide bonds. The Balaban J connectivity index is 1.31. The zero-order valence-corrected chi connectivity index (χ0v) is 17.3. The van der Waals surface area contributed by atoms with Gasteiger partial charge in [0.15, 0.2) is 0 Å². The first kappa shape index (κ1) is 19.9. The van der Waals surface area contributed by atoms with Gasteiger partial charge in [-0.25, -0.2) is 0 Å². The van der Waals surface area contributed by atoms with Crippen LogP contribution in [0, 0.1) is 5.92 Å². The van der Waals surface area contributed by atoms with Crippen molar-refractivity contribution in [3.63, 3.8) is 0 Å². The van der Waals surface area contributed by atoms with Gasteiger partial charge in [-0.3, -0.25) is 24.4 Å². The lowest BCUT2D eigenvalue weighted by atomic mass is 10.0. The van der Waals surface area contributed by atoms with E-state index in [1.54, 1.807) is 11.0 Å². The molecule has 2 atom stereocenters. The first-order chi connectivity index (χ1) is 15.1. The Hall–Kier alpha value is -3.07. The maximum absolute atomic E-state index is 12.8. The maximum Gasteiger partial charge on any atom is 0.255 e. The van der Waals surface area contributed by atoms with Crippen LogP contribution in [0.15, 0.2) is 24.4 Å². The standard InChI is InChI=1S/C22H26N6O3/c29-20-7-6-19(21(30)24-20)28-12-16-9-15(4-5-17(16)22(28)31)18-13-27(26-25-18)11-14-3-1-2-8-23-10-14/h4-5,9,13-14,19,23H,1-3,6-8,10-12H2,(H,24,29,30). The summed E-state index contributed by atoms with van der Waals surface area (Å²) in [4.78, 5) is 38.0. The van der Waals surface area contributed by atoms with Gasteiger partial charge in [0.2, 0.25) is 11.8 Å². The molecule has 0 aliphatic carbocycles. The maximum atomic E-state index is 12.8. The molecule has 2 unspecified atom stereocenters. The van der Waals surface area contributed by atoms with Crippen molar-refractivity contribution in [1.82, 2.24) is 30.5 Å². The molecule has 3 aliphatic heterocycles. The smallest absolute Gasteiger partial charge is 0.255 e. The van der Waals surface area contributed by atoms with Crippen LogP contribution in [0.3, 0.4) is 0 Å². The lowest BCUT2D eigenvalue weighted by molar-refractivity contribution is -0.136. The number of amides is 3. The molecule has 2 N–H and O–H groups in total. The van der Waals surface area contributed by atoms with Gasteiger partial charge in [-0.1, -0.05) is 17.7 Å². The van der Waals surface area contributed by atoms with E-state index in [-0.39, 0.29) is 18.2 Å². The van der Waals surface area contributed by atoms with Gasteiger partial charge in [0.05, 0.1) is 6.20 Å². The quantitative estimate of drug-likeness (QED) is 0.714. The Kier molecular flexibility index (Phi) is 5.27. The minimum atomic E-state index is -0.602. The van der Waals surface area contributed by atoms with Crippen LogP contribution in [0.25, 0.3) is 11.3 Å². The van der Waals surface area contributed by atoms with E-state index in [4.69, 9.17) is 0 Å². The Morgan fingerprint density at radius 1 is 1.13 bits per heavy atom. The molecule has 4 heterocycles. The third kappa shape index (κ3) is 3.97. The van der Waals surface area contributed by atoms with E-state index in [0.717, 1.165) is 36.5 Å². The number of piperidine rings is 1. The van der Waals surface area contributed by atoms with Gasteiger partial charge < -0.3 is 10.2 Å². The van der Waals surface area contributed by atoms with Crippen molar-refractivity contribution >= 4 is 17.7 Å². The zero-order chi connectivity index (χ0) is 21.4. The third-order valence-corrected chi connectivity index (χ3v) is 6.45. The molecule has 3 aliphatic rings. The number of carbonyl (C=O) groups excluding carboxylic acids is 3. The predicted molar refractivity (Wildman–Crippen MR) is 112 cm³/mol. The molecule has 9 heteroatoms. The first-order valence-corrected chi connectivity index (χ1v) is 11.0. The molecule has 0 bridgehead atoms. The van der Waals surface area contributed by atoms with Crippen LogP contribution in [0.4, 0.5) is 0 Å². The van der Waals surface area contributed by atoms with E-state index in [2.05, 4.69) is 20.9 Å². The van der Waals surface area contributed by atoms with Crippen molar-refractivity contribution in [3.8, 4) is 11.3 Å². The van der Waals surface area contributed by atoms with Gasteiger partial charge in [-0.05, 0) is 56.0 Å². The molecule has 5 rings (SSSR count). The summed E-state index contributed by atoms with van der Waals surface area (Å²) < 4.78 is 1.90. The van der Waals surface area contributed by atoms with Crippen molar-refractivity contribution in [2.75, 3.05) is 13.1 Å². The lowest BCUT2D eigenvalue weighted by Crippen LogP contribution is -2.52. The molecule has 2 fully saturated rings. The molecular formula is C22H26N6O3. The summed E-state index contributed by atoms with van der Waals surface area (Å²) in [5.74, 6) is -0.290. The number of hydrogen-bond donors (Lipinski definition) is 2. The van der Waals surface area contributed by atoms with E-state index in [1.165, 1.54) is 19.3 Å². The number of aromatic nitrogens is 3. The Labute approximate surface area is 180 Å². The predicted octanol–water partition coefficient (Wildman–Crippen LogP) is 1.10. The van der Waals surface area contributed by atoms with Crippen LogP contribution in [0.2, 0.25) is 0 Å². The van der Waals surface area contributed by atoms with Gasteiger partial charge >= 0.3 is 0 Å². The zero-order valence-electron chi connectivity index (χ0n) is 17.3. The van der Waals surface area contributed by atoms with E-state index in [1.807, 2.05) is 23.0 Å². The van der Waals surface area contributed by atoms with Crippen molar-refractivity contribution < 1.29 is 14.4 Å². The van der Waals surface area contributed by atoms with Gasteiger partial charge in [0.25, 0.3) is 5.91 Å². The summed E-state index contributed by atoms with van der Waals surface area (Å²) in [6.45, 7) is 3.29. The van der Waals surface area contributed by atoms with Crippen LogP contribution in [0.1, 0.15) is 48.0 Å². The number of carbonyl (C=O) groups is 3. The number of fused-ring (bicyclic) bond motifs is 1. The van der Waals surface area contributed by atoms with Crippen LogP contribution in [0.5, 0.6) is 0 Å². The average Bonchev–Trinajstić information content (AvgIpc) is 3.24. The number of benzene rings is 1. The SMILES string of the molecule is O=C1CCC(N2Cc3cc(-c4cn(CC5CCCCNC5)nn4)ccc3C2=O)C(=O)N1. The minimum absolute atomic E-state index is 0.166. The molecule has 0 spiro atoms. The Bertz CT molecular complexity index is 1020. The highest BCUT2D eigenvalue weighted by Gasteiger charge is 2.39. The second-order valence-corrected chi connectivity index (χ2v) is 8.66. The van der Waals surface area contributed by atoms with Gasteiger partial charge in [0, 0.05) is 30.6 Å². The minimum Gasteiger partial charge on any atom is -0.322 e. The van der Waals surface area contributed by atoms with E-state index in [0.29, 0.717) is 24.4 Å². The van der Waals surface area contributed by atoms with Crippen LogP contribution >= 0.6 is 0 Å². The van der Waals surface area contributed by atoms with Crippen molar-refractivity contribution in [1.29, 1.82) is 0 Å². The molecule has 0 radical (unpaired) electrons.